The van der Waals surface area contributed by atoms with Crippen molar-refractivity contribution in [3.8, 4) is 6.07 Å². The molecule has 0 spiro atoms. The molecule has 4 nitrogen and oxygen atoms in total. The minimum Gasteiger partial charge on any atom is -0.355 e. The maximum Gasteiger partial charge on any atom is 0.236 e. The van der Waals surface area contributed by atoms with E-state index in [9.17, 15) is 4.79 Å². The van der Waals surface area contributed by atoms with Gasteiger partial charge in [0.1, 0.15) is 0 Å². The molecule has 0 heterocycles. The average Bonchev–Trinajstić information content (AvgIpc) is 2.37. The summed E-state index contributed by atoms with van der Waals surface area (Å²) >= 11 is 0. The Labute approximate surface area is 108 Å². The van der Waals surface area contributed by atoms with Crippen LogP contribution in [0.2, 0.25) is 0 Å². The van der Waals surface area contributed by atoms with E-state index in [1.54, 1.807) is 6.07 Å². The molecule has 1 aromatic carbocycles. The molecule has 2 N–H and O–H groups in total. The lowest BCUT2D eigenvalue weighted by Gasteiger charge is -2.14. The number of nitrogens with zero attached hydrogens (tertiary/aromatic N) is 1. The molecule has 0 saturated carbocycles. The number of amides is 1. The van der Waals surface area contributed by atoms with Gasteiger partial charge in [-0.3, -0.25) is 4.79 Å². The number of carbonyl (C=O) groups excluding carboxylic acids is 1. The van der Waals surface area contributed by atoms with Gasteiger partial charge in [0.2, 0.25) is 5.91 Å². The Bertz CT molecular complexity index is 463. The van der Waals surface area contributed by atoms with Crippen molar-refractivity contribution in [1.82, 2.24) is 10.6 Å². The van der Waals surface area contributed by atoms with Crippen LogP contribution in [-0.2, 0) is 11.3 Å². The van der Waals surface area contributed by atoms with Gasteiger partial charge < -0.3 is 10.6 Å². The first-order chi connectivity index (χ1) is 8.58. The molecule has 18 heavy (non-hydrogen) atoms. The van der Waals surface area contributed by atoms with Gasteiger partial charge in [-0.15, -0.1) is 0 Å². The minimum atomic E-state index is -0.222. The van der Waals surface area contributed by atoms with E-state index >= 15 is 0 Å². The highest BCUT2D eigenvalue weighted by molar-refractivity contribution is 5.81. The van der Waals surface area contributed by atoms with Crippen LogP contribution in [0.5, 0.6) is 0 Å². The van der Waals surface area contributed by atoms with E-state index in [1.807, 2.05) is 32.9 Å². The lowest BCUT2D eigenvalue weighted by molar-refractivity contribution is -0.122. The number of nitriles is 1. The molecule has 1 rings (SSSR count). The molecule has 0 aliphatic heterocycles. The second-order valence-corrected chi connectivity index (χ2v) is 4.25. The van der Waals surface area contributed by atoms with Crippen LogP contribution < -0.4 is 10.6 Å². The summed E-state index contributed by atoms with van der Waals surface area (Å²) in [6.45, 7) is 6.96. The van der Waals surface area contributed by atoms with Gasteiger partial charge in [-0.25, -0.2) is 0 Å². The molecule has 1 atom stereocenters. The first kappa shape index (κ1) is 14.2. The third-order valence-electron chi connectivity index (χ3n) is 2.81. The van der Waals surface area contributed by atoms with Gasteiger partial charge in [0, 0.05) is 13.1 Å². The maximum absolute atomic E-state index is 11.5. The fourth-order valence-corrected chi connectivity index (χ4v) is 1.65. The molecule has 4 heteroatoms. The maximum atomic E-state index is 11.5. The van der Waals surface area contributed by atoms with E-state index in [0.717, 1.165) is 11.1 Å². The van der Waals surface area contributed by atoms with Gasteiger partial charge in [-0.2, -0.15) is 5.26 Å². The van der Waals surface area contributed by atoms with Gasteiger partial charge >= 0.3 is 0 Å². The Morgan fingerprint density at radius 2 is 2.22 bits per heavy atom. The zero-order valence-electron chi connectivity index (χ0n) is 11.1. The molecule has 0 bridgehead atoms. The Morgan fingerprint density at radius 3 is 2.78 bits per heavy atom. The summed E-state index contributed by atoms with van der Waals surface area (Å²) in [4.78, 5) is 11.5. The van der Waals surface area contributed by atoms with Crippen molar-refractivity contribution in [2.75, 3.05) is 6.54 Å². The number of nitrogens with one attached hydrogen (secondary N) is 2. The summed E-state index contributed by atoms with van der Waals surface area (Å²) in [7, 11) is 0. The molecule has 1 unspecified atom stereocenters. The van der Waals surface area contributed by atoms with Crippen molar-refractivity contribution >= 4 is 5.91 Å². The van der Waals surface area contributed by atoms with E-state index in [0.29, 0.717) is 18.7 Å². The number of rotatable bonds is 5. The van der Waals surface area contributed by atoms with Crippen LogP contribution in [0.4, 0.5) is 0 Å². The van der Waals surface area contributed by atoms with E-state index in [2.05, 4.69) is 16.7 Å². The molecule has 96 valence electrons. The van der Waals surface area contributed by atoms with Crippen LogP contribution in [0, 0.1) is 18.3 Å². The van der Waals surface area contributed by atoms with Crippen LogP contribution in [0.15, 0.2) is 18.2 Å². The van der Waals surface area contributed by atoms with Crippen LogP contribution in [0.3, 0.4) is 0 Å². The molecule has 0 aromatic heterocycles. The number of hydrogen-bond donors (Lipinski definition) is 2. The second-order valence-electron chi connectivity index (χ2n) is 4.25. The summed E-state index contributed by atoms with van der Waals surface area (Å²) in [5.41, 5.74) is 2.82. The highest BCUT2D eigenvalue weighted by Gasteiger charge is 2.11. The second kappa shape index (κ2) is 6.77. The largest absolute Gasteiger partial charge is 0.355 e. The third kappa shape index (κ3) is 3.86. The fraction of sp³-hybridized carbons (Fsp3) is 0.429. The van der Waals surface area contributed by atoms with Crippen molar-refractivity contribution in [3.63, 3.8) is 0 Å². The predicted molar refractivity (Wildman–Crippen MR) is 70.9 cm³/mol. The molecule has 0 fully saturated rings. The monoisotopic (exact) mass is 245 g/mol. The van der Waals surface area contributed by atoms with Crippen LogP contribution in [-0.4, -0.2) is 18.5 Å². The standard InChI is InChI=1S/C14H19N3O/c1-4-16-14(18)11(3)17-9-13-6-5-12(8-15)7-10(13)2/h5-7,11,17H,4,9H2,1-3H3,(H,16,18). The number of likely N-dealkylation sites (N-methyl/N-ethyl adjacent to an activating group) is 1. The van der Waals surface area contributed by atoms with Gasteiger partial charge in [0.25, 0.3) is 0 Å². The number of benzene rings is 1. The third-order valence-corrected chi connectivity index (χ3v) is 2.81. The Kier molecular flexibility index (Phi) is 5.34. The highest BCUT2D eigenvalue weighted by Crippen LogP contribution is 2.10. The molecule has 0 aliphatic rings. The lowest BCUT2D eigenvalue weighted by atomic mass is 10.1. The van der Waals surface area contributed by atoms with Crippen molar-refractivity contribution in [2.45, 2.75) is 33.4 Å². The highest BCUT2D eigenvalue weighted by atomic mass is 16.2. The van der Waals surface area contributed by atoms with Crippen LogP contribution >= 0.6 is 0 Å². The van der Waals surface area contributed by atoms with Gasteiger partial charge in [-0.05, 0) is 44.0 Å². The quantitative estimate of drug-likeness (QED) is 0.826. The first-order valence-corrected chi connectivity index (χ1v) is 6.09. The van der Waals surface area contributed by atoms with Crippen molar-refractivity contribution < 1.29 is 4.79 Å². The summed E-state index contributed by atoms with van der Waals surface area (Å²) in [6.07, 6.45) is 0. The van der Waals surface area contributed by atoms with E-state index in [-0.39, 0.29) is 11.9 Å². The molecular weight excluding hydrogens is 226 g/mol. The number of carbonyl (C=O) groups is 1. The predicted octanol–water partition coefficient (Wildman–Crippen LogP) is 1.48. The van der Waals surface area contributed by atoms with Gasteiger partial charge in [-0.1, -0.05) is 6.07 Å². The number of hydrogen-bond acceptors (Lipinski definition) is 3. The van der Waals surface area contributed by atoms with Gasteiger partial charge in [0.05, 0.1) is 17.7 Å². The smallest absolute Gasteiger partial charge is 0.236 e. The van der Waals surface area contributed by atoms with Crippen molar-refractivity contribution in [1.29, 1.82) is 5.26 Å². The molecule has 0 aliphatic carbocycles. The van der Waals surface area contributed by atoms with E-state index in [4.69, 9.17) is 5.26 Å². The molecular formula is C14H19N3O. The zero-order valence-corrected chi connectivity index (χ0v) is 11.1. The Morgan fingerprint density at radius 1 is 1.50 bits per heavy atom. The topological polar surface area (TPSA) is 64.9 Å². The molecule has 1 amide bonds. The van der Waals surface area contributed by atoms with Crippen LogP contribution in [0.1, 0.15) is 30.5 Å². The fourth-order valence-electron chi connectivity index (χ4n) is 1.65. The Balaban J connectivity index is 2.59. The van der Waals surface area contributed by atoms with Gasteiger partial charge in [0.15, 0.2) is 0 Å². The van der Waals surface area contributed by atoms with E-state index in [1.165, 1.54) is 0 Å². The summed E-state index contributed by atoms with van der Waals surface area (Å²) in [5, 5.41) is 14.7. The van der Waals surface area contributed by atoms with Crippen molar-refractivity contribution in [2.24, 2.45) is 0 Å². The summed E-state index contributed by atoms with van der Waals surface area (Å²) < 4.78 is 0. The Hall–Kier alpha value is -1.86. The minimum absolute atomic E-state index is 0.00352. The lowest BCUT2D eigenvalue weighted by Crippen LogP contribution is -2.41. The SMILES string of the molecule is CCNC(=O)C(C)NCc1ccc(C#N)cc1C. The average molecular weight is 245 g/mol. The first-order valence-electron chi connectivity index (χ1n) is 6.09. The zero-order chi connectivity index (χ0) is 13.5. The molecule has 0 saturated heterocycles. The van der Waals surface area contributed by atoms with Crippen LogP contribution in [0.25, 0.3) is 0 Å². The number of aryl methyl sites for hydroxylation is 1. The molecule has 1 aromatic rings. The van der Waals surface area contributed by atoms with E-state index < -0.39 is 0 Å². The van der Waals surface area contributed by atoms with Crippen molar-refractivity contribution in [3.05, 3.63) is 34.9 Å². The summed E-state index contributed by atoms with van der Waals surface area (Å²) in [6, 6.07) is 7.46. The molecule has 0 radical (unpaired) electrons. The summed E-state index contributed by atoms with van der Waals surface area (Å²) in [5.74, 6) is 0.00352. The normalized spacial score (nSPS) is 11.7.